The fourth-order valence-electron chi connectivity index (χ4n) is 1.67. The summed E-state index contributed by atoms with van der Waals surface area (Å²) in [4.78, 5) is 12.1. The largest absolute Gasteiger partial charge is 0.435 e. The number of amides is 1. The third kappa shape index (κ3) is 3.82. The van der Waals surface area contributed by atoms with Gasteiger partial charge in [0.15, 0.2) is 0 Å². The molecule has 0 aliphatic heterocycles. The Morgan fingerprint density at radius 3 is 2.62 bits per heavy atom. The first-order valence-corrected chi connectivity index (χ1v) is 6.25. The van der Waals surface area contributed by atoms with Crippen molar-refractivity contribution in [3.63, 3.8) is 0 Å². The number of alkyl halides is 2. The molecule has 0 aromatic heterocycles. The van der Waals surface area contributed by atoms with Gasteiger partial charge in [-0.3, -0.25) is 4.79 Å². The van der Waals surface area contributed by atoms with Crippen molar-refractivity contribution < 1.29 is 18.3 Å². The zero-order valence-corrected chi connectivity index (χ0v) is 11.4. The average molecular weight is 313 g/mol. The lowest BCUT2D eigenvalue weighted by molar-refractivity contribution is -0.0498. The third-order valence-electron chi connectivity index (χ3n) is 2.61. The van der Waals surface area contributed by atoms with Gasteiger partial charge in [0.2, 0.25) is 0 Å². The van der Waals surface area contributed by atoms with Crippen LogP contribution in [0.25, 0.3) is 0 Å². The summed E-state index contributed by atoms with van der Waals surface area (Å²) in [5, 5.41) is 2.82. The minimum Gasteiger partial charge on any atom is -0.435 e. The van der Waals surface area contributed by atoms with Crippen LogP contribution in [0.3, 0.4) is 0 Å². The van der Waals surface area contributed by atoms with E-state index in [0.29, 0.717) is 5.69 Å². The molecule has 4 nitrogen and oxygen atoms in total. The quantitative estimate of drug-likeness (QED) is 0.845. The lowest BCUT2D eigenvalue weighted by Gasteiger charge is -2.11. The van der Waals surface area contributed by atoms with Crippen LogP contribution in [0.4, 0.5) is 20.2 Å². The van der Waals surface area contributed by atoms with E-state index in [1.807, 2.05) is 0 Å². The van der Waals surface area contributed by atoms with Crippen LogP contribution in [0.1, 0.15) is 10.4 Å². The van der Waals surface area contributed by atoms with Gasteiger partial charge in [-0.2, -0.15) is 8.78 Å². The van der Waals surface area contributed by atoms with Crippen LogP contribution in [0.15, 0.2) is 42.5 Å². The highest BCUT2D eigenvalue weighted by atomic mass is 35.5. The number of anilines is 2. The molecule has 2 aromatic carbocycles. The highest BCUT2D eigenvalue weighted by molar-refractivity contribution is 6.34. The summed E-state index contributed by atoms with van der Waals surface area (Å²) >= 11 is 5.94. The molecule has 0 heterocycles. The zero-order valence-electron chi connectivity index (χ0n) is 10.6. The van der Waals surface area contributed by atoms with E-state index < -0.39 is 12.5 Å². The molecule has 1 amide bonds. The number of carbonyl (C=O) groups is 1. The molecule has 0 unspecified atom stereocenters. The van der Waals surface area contributed by atoms with Crippen LogP contribution in [0.2, 0.25) is 5.02 Å². The van der Waals surface area contributed by atoms with E-state index in [0.717, 1.165) is 0 Å². The molecule has 0 aliphatic rings. The number of benzene rings is 2. The van der Waals surface area contributed by atoms with Crippen molar-refractivity contribution >= 4 is 28.9 Å². The molecule has 3 N–H and O–H groups in total. The highest BCUT2D eigenvalue weighted by Gasteiger charge is 2.12. The monoisotopic (exact) mass is 312 g/mol. The highest BCUT2D eigenvalue weighted by Crippen LogP contribution is 2.28. The topological polar surface area (TPSA) is 64.3 Å². The Bertz CT molecular complexity index is 645. The molecular weight excluding hydrogens is 302 g/mol. The lowest BCUT2D eigenvalue weighted by Crippen LogP contribution is -2.14. The first-order chi connectivity index (χ1) is 9.97. The van der Waals surface area contributed by atoms with E-state index in [2.05, 4.69) is 10.1 Å². The molecule has 0 aliphatic carbocycles. The maximum Gasteiger partial charge on any atom is 0.387 e. The van der Waals surface area contributed by atoms with Crippen LogP contribution >= 0.6 is 11.6 Å². The van der Waals surface area contributed by atoms with Gasteiger partial charge >= 0.3 is 6.61 Å². The van der Waals surface area contributed by atoms with Gasteiger partial charge in [0, 0.05) is 5.56 Å². The second kappa shape index (κ2) is 6.41. The predicted octanol–water partition coefficient (Wildman–Crippen LogP) is 3.78. The minimum atomic E-state index is -2.96. The van der Waals surface area contributed by atoms with Crippen LogP contribution < -0.4 is 15.8 Å². The molecule has 0 fully saturated rings. The fourth-order valence-corrected chi connectivity index (χ4v) is 1.90. The summed E-state index contributed by atoms with van der Waals surface area (Å²) < 4.78 is 28.5. The second-order valence-corrected chi connectivity index (χ2v) is 4.47. The molecular formula is C14H11ClF2N2O2. The Hall–Kier alpha value is -2.34. The van der Waals surface area contributed by atoms with Crippen molar-refractivity contribution in [1.29, 1.82) is 0 Å². The molecule has 0 saturated heterocycles. The number of halogens is 3. The third-order valence-corrected chi connectivity index (χ3v) is 2.92. The number of nitrogens with two attached hydrogens (primary N) is 1. The Kier molecular flexibility index (Phi) is 4.59. The van der Waals surface area contributed by atoms with Crippen LogP contribution in [0.5, 0.6) is 5.75 Å². The van der Waals surface area contributed by atoms with Gasteiger partial charge in [0.1, 0.15) is 5.75 Å². The molecule has 21 heavy (non-hydrogen) atoms. The van der Waals surface area contributed by atoms with Crippen molar-refractivity contribution in [3.8, 4) is 5.75 Å². The molecule has 2 rings (SSSR count). The van der Waals surface area contributed by atoms with Crippen molar-refractivity contribution in [2.45, 2.75) is 6.61 Å². The molecule has 7 heteroatoms. The maximum atomic E-state index is 12.1. The molecule has 0 atom stereocenters. The Morgan fingerprint density at radius 1 is 1.24 bits per heavy atom. The minimum absolute atomic E-state index is 0.107. The van der Waals surface area contributed by atoms with Crippen LogP contribution in [-0.4, -0.2) is 12.5 Å². The standard InChI is InChI=1S/C14H11ClF2N2O2/c15-10-5-2-6-11(18)12(10)19-13(20)8-3-1-4-9(7-8)21-14(16)17/h1-7,14H,18H2,(H,19,20). The first kappa shape index (κ1) is 15.1. The number of hydrogen-bond donors (Lipinski definition) is 2. The summed E-state index contributed by atoms with van der Waals surface area (Å²) in [6.07, 6.45) is 0. The number of hydrogen-bond acceptors (Lipinski definition) is 3. The van der Waals surface area contributed by atoms with E-state index in [1.165, 1.54) is 24.3 Å². The maximum absolute atomic E-state index is 12.1. The lowest BCUT2D eigenvalue weighted by atomic mass is 10.2. The van der Waals surface area contributed by atoms with E-state index in [9.17, 15) is 13.6 Å². The van der Waals surface area contributed by atoms with Crippen molar-refractivity contribution in [2.75, 3.05) is 11.1 Å². The average Bonchev–Trinajstić information content (AvgIpc) is 2.42. The molecule has 0 bridgehead atoms. The number of carbonyl (C=O) groups excluding carboxylic acids is 1. The predicted molar refractivity (Wildman–Crippen MR) is 76.9 cm³/mol. The smallest absolute Gasteiger partial charge is 0.387 e. The van der Waals surface area contributed by atoms with E-state index >= 15 is 0 Å². The molecule has 0 spiro atoms. The number of nitrogens with one attached hydrogen (secondary N) is 1. The van der Waals surface area contributed by atoms with Crippen molar-refractivity contribution in [3.05, 3.63) is 53.1 Å². The van der Waals surface area contributed by atoms with Gasteiger partial charge in [-0.15, -0.1) is 0 Å². The Labute approximate surface area is 124 Å². The van der Waals surface area contributed by atoms with Crippen LogP contribution in [0, 0.1) is 0 Å². The van der Waals surface area contributed by atoms with E-state index in [1.54, 1.807) is 18.2 Å². The number of nitrogen functional groups attached to an aromatic ring is 1. The Morgan fingerprint density at radius 2 is 1.95 bits per heavy atom. The van der Waals surface area contributed by atoms with Crippen LogP contribution in [-0.2, 0) is 0 Å². The normalized spacial score (nSPS) is 10.5. The molecule has 0 saturated carbocycles. The number of para-hydroxylation sites is 1. The fraction of sp³-hybridized carbons (Fsp3) is 0.0714. The van der Waals surface area contributed by atoms with E-state index in [4.69, 9.17) is 17.3 Å². The summed E-state index contributed by atoms with van der Waals surface area (Å²) in [7, 11) is 0. The molecule has 110 valence electrons. The van der Waals surface area contributed by atoms with Gasteiger partial charge in [0.05, 0.1) is 16.4 Å². The summed E-state index contributed by atoms with van der Waals surface area (Å²) in [6.45, 7) is -2.96. The van der Waals surface area contributed by atoms with Gasteiger partial charge in [0.25, 0.3) is 5.91 Å². The summed E-state index contributed by atoms with van der Waals surface area (Å²) in [5.41, 5.74) is 6.44. The van der Waals surface area contributed by atoms with Gasteiger partial charge < -0.3 is 15.8 Å². The van der Waals surface area contributed by atoms with Gasteiger partial charge in [-0.25, -0.2) is 0 Å². The van der Waals surface area contributed by atoms with E-state index in [-0.39, 0.29) is 22.0 Å². The molecule has 2 aromatic rings. The number of ether oxygens (including phenoxy) is 1. The van der Waals surface area contributed by atoms with Gasteiger partial charge in [-0.05, 0) is 30.3 Å². The zero-order chi connectivity index (χ0) is 15.4. The summed E-state index contributed by atoms with van der Waals surface area (Å²) in [5.74, 6) is -0.640. The first-order valence-electron chi connectivity index (χ1n) is 5.87. The van der Waals surface area contributed by atoms with Crippen molar-refractivity contribution in [1.82, 2.24) is 0 Å². The second-order valence-electron chi connectivity index (χ2n) is 4.06. The molecule has 0 radical (unpaired) electrons. The summed E-state index contributed by atoms with van der Waals surface area (Å²) in [6, 6.07) is 10.2. The van der Waals surface area contributed by atoms with Gasteiger partial charge in [-0.1, -0.05) is 23.7 Å². The number of rotatable bonds is 4. The van der Waals surface area contributed by atoms with Crippen molar-refractivity contribution in [2.24, 2.45) is 0 Å². The SMILES string of the molecule is Nc1cccc(Cl)c1NC(=O)c1cccc(OC(F)F)c1. The Balaban J connectivity index is 2.21.